The largest absolute Gasteiger partial charge is 0.480 e. The molecular formula is C26H29N5O2S. The van der Waals surface area contributed by atoms with E-state index in [1.807, 2.05) is 31.3 Å². The summed E-state index contributed by atoms with van der Waals surface area (Å²) in [6, 6.07) is 15.8. The standard InChI is InChI=1S/C26H29N5O2S/c1-17-7-9-21(10-8-17)31(3)23-12-11-22-25(30-23)34-24(29-22)6-4-5-20-15-19(13-14-27-20)16-28-18(2)26(32)33/h7-15,18,28H,4-6,16H2,1-3H3,(H,32,33). The Balaban J connectivity index is 1.35. The fourth-order valence-electron chi connectivity index (χ4n) is 3.60. The molecule has 4 rings (SSSR count). The summed E-state index contributed by atoms with van der Waals surface area (Å²) in [6.07, 6.45) is 4.42. The van der Waals surface area contributed by atoms with Gasteiger partial charge in [0.2, 0.25) is 0 Å². The molecule has 1 atom stereocenters. The molecule has 0 saturated carbocycles. The van der Waals surface area contributed by atoms with Crippen molar-refractivity contribution in [1.29, 1.82) is 0 Å². The number of aliphatic carboxylic acids is 1. The number of thiazole rings is 1. The van der Waals surface area contributed by atoms with Gasteiger partial charge in [0.05, 0.1) is 5.01 Å². The van der Waals surface area contributed by atoms with Gasteiger partial charge in [-0.05, 0) is 75.1 Å². The Hall–Kier alpha value is -3.36. The highest BCUT2D eigenvalue weighted by Gasteiger charge is 2.11. The second-order valence-electron chi connectivity index (χ2n) is 8.45. The first-order valence-electron chi connectivity index (χ1n) is 11.4. The summed E-state index contributed by atoms with van der Waals surface area (Å²) in [6.45, 7) is 4.23. The molecule has 3 heterocycles. The average Bonchev–Trinajstić information content (AvgIpc) is 3.24. The van der Waals surface area contributed by atoms with Crippen LogP contribution in [0.25, 0.3) is 10.3 Å². The number of carbonyl (C=O) groups is 1. The van der Waals surface area contributed by atoms with Crippen LogP contribution in [0.4, 0.5) is 11.5 Å². The van der Waals surface area contributed by atoms with Crippen molar-refractivity contribution in [2.75, 3.05) is 11.9 Å². The van der Waals surface area contributed by atoms with Crippen molar-refractivity contribution in [3.63, 3.8) is 0 Å². The number of aryl methyl sites for hydroxylation is 3. The molecule has 34 heavy (non-hydrogen) atoms. The van der Waals surface area contributed by atoms with Crippen molar-refractivity contribution in [2.24, 2.45) is 0 Å². The molecule has 0 saturated heterocycles. The number of nitrogens with one attached hydrogen (secondary N) is 1. The smallest absolute Gasteiger partial charge is 0.320 e. The predicted octanol–water partition coefficient (Wildman–Crippen LogP) is 4.90. The molecule has 7 nitrogen and oxygen atoms in total. The molecule has 0 aliphatic carbocycles. The number of carboxylic acids is 1. The van der Waals surface area contributed by atoms with Gasteiger partial charge in [0.15, 0.2) is 0 Å². The van der Waals surface area contributed by atoms with Gasteiger partial charge >= 0.3 is 5.97 Å². The van der Waals surface area contributed by atoms with Gasteiger partial charge in [-0.1, -0.05) is 29.0 Å². The maximum atomic E-state index is 11.0. The fraction of sp³-hybridized carbons (Fsp3) is 0.308. The molecule has 8 heteroatoms. The van der Waals surface area contributed by atoms with E-state index in [1.54, 1.807) is 24.5 Å². The van der Waals surface area contributed by atoms with Gasteiger partial charge in [0, 0.05) is 31.2 Å². The van der Waals surface area contributed by atoms with E-state index in [0.29, 0.717) is 6.54 Å². The number of nitrogens with zero attached hydrogens (tertiary/aromatic N) is 4. The Kier molecular flexibility index (Phi) is 7.49. The minimum absolute atomic E-state index is 0.506. The number of carboxylic acid groups (broad SMARTS) is 1. The van der Waals surface area contributed by atoms with E-state index in [0.717, 1.165) is 57.4 Å². The summed E-state index contributed by atoms with van der Waals surface area (Å²) in [7, 11) is 2.03. The van der Waals surface area contributed by atoms with Crippen molar-refractivity contribution < 1.29 is 9.90 Å². The third kappa shape index (κ3) is 5.95. The minimum atomic E-state index is -0.853. The highest BCUT2D eigenvalue weighted by molar-refractivity contribution is 7.18. The van der Waals surface area contributed by atoms with Crippen LogP contribution in [-0.4, -0.2) is 39.1 Å². The van der Waals surface area contributed by atoms with Crippen LogP contribution in [0.3, 0.4) is 0 Å². The van der Waals surface area contributed by atoms with Crippen LogP contribution >= 0.6 is 11.3 Å². The number of rotatable bonds is 10. The molecule has 176 valence electrons. The Morgan fingerprint density at radius 1 is 1.12 bits per heavy atom. The lowest BCUT2D eigenvalue weighted by Crippen LogP contribution is -2.33. The van der Waals surface area contributed by atoms with E-state index in [9.17, 15) is 4.79 Å². The normalized spacial score (nSPS) is 12.1. The van der Waals surface area contributed by atoms with E-state index in [2.05, 4.69) is 46.4 Å². The molecule has 0 spiro atoms. The number of aromatic nitrogens is 3. The van der Waals surface area contributed by atoms with Crippen LogP contribution in [0, 0.1) is 6.92 Å². The molecule has 0 radical (unpaired) electrons. The quantitative estimate of drug-likeness (QED) is 0.337. The van der Waals surface area contributed by atoms with Crippen LogP contribution < -0.4 is 10.2 Å². The Morgan fingerprint density at radius 2 is 1.91 bits per heavy atom. The zero-order chi connectivity index (χ0) is 24.1. The van der Waals surface area contributed by atoms with Crippen molar-refractivity contribution >= 4 is 39.2 Å². The van der Waals surface area contributed by atoms with Gasteiger partial charge < -0.3 is 15.3 Å². The molecule has 0 fully saturated rings. The third-order valence-electron chi connectivity index (χ3n) is 5.74. The van der Waals surface area contributed by atoms with E-state index in [1.165, 1.54) is 5.56 Å². The van der Waals surface area contributed by atoms with Crippen LogP contribution in [0.2, 0.25) is 0 Å². The van der Waals surface area contributed by atoms with Gasteiger partial charge in [0.25, 0.3) is 0 Å². The highest BCUT2D eigenvalue weighted by Crippen LogP contribution is 2.27. The highest BCUT2D eigenvalue weighted by atomic mass is 32.1. The molecule has 0 aliphatic rings. The Bertz CT molecular complexity index is 1270. The van der Waals surface area contributed by atoms with Crippen molar-refractivity contribution in [3.8, 4) is 0 Å². The summed E-state index contributed by atoms with van der Waals surface area (Å²) in [5.41, 5.74) is 5.31. The minimum Gasteiger partial charge on any atom is -0.480 e. The monoisotopic (exact) mass is 475 g/mol. The van der Waals surface area contributed by atoms with Crippen molar-refractivity contribution in [1.82, 2.24) is 20.3 Å². The van der Waals surface area contributed by atoms with E-state index in [-0.39, 0.29) is 0 Å². The molecule has 2 N–H and O–H groups in total. The molecule has 0 bridgehead atoms. The fourth-order valence-corrected chi connectivity index (χ4v) is 4.57. The number of hydrogen-bond acceptors (Lipinski definition) is 7. The molecule has 0 amide bonds. The van der Waals surface area contributed by atoms with Gasteiger partial charge in [-0.3, -0.25) is 9.78 Å². The van der Waals surface area contributed by atoms with Crippen LogP contribution in [-0.2, 0) is 24.2 Å². The molecule has 3 aromatic heterocycles. The van der Waals surface area contributed by atoms with E-state index >= 15 is 0 Å². The summed E-state index contributed by atoms with van der Waals surface area (Å²) in [5, 5.41) is 13.1. The molecule has 1 unspecified atom stereocenters. The Morgan fingerprint density at radius 3 is 2.68 bits per heavy atom. The summed E-state index contributed by atoms with van der Waals surface area (Å²) in [4.78, 5) is 28.1. The molecule has 1 aromatic carbocycles. The first-order chi connectivity index (χ1) is 16.4. The lowest BCUT2D eigenvalue weighted by molar-refractivity contribution is -0.139. The summed E-state index contributed by atoms with van der Waals surface area (Å²) >= 11 is 1.64. The topological polar surface area (TPSA) is 91.2 Å². The lowest BCUT2D eigenvalue weighted by Gasteiger charge is -2.18. The van der Waals surface area contributed by atoms with Gasteiger partial charge in [-0.2, -0.15) is 0 Å². The maximum absolute atomic E-state index is 11.0. The zero-order valence-electron chi connectivity index (χ0n) is 19.7. The Labute approximate surface area is 203 Å². The van der Waals surface area contributed by atoms with Gasteiger partial charge in [-0.25, -0.2) is 9.97 Å². The number of pyridine rings is 2. The van der Waals surface area contributed by atoms with Crippen LogP contribution in [0.1, 0.15) is 35.2 Å². The first-order valence-corrected chi connectivity index (χ1v) is 12.2. The summed E-state index contributed by atoms with van der Waals surface area (Å²) in [5.74, 6) is 0.0481. The number of hydrogen-bond donors (Lipinski definition) is 2. The third-order valence-corrected chi connectivity index (χ3v) is 6.76. The van der Waals surface area contributed by atoms with Crippen LogP contribution in [0.5, 0.6) is 0 Å². The summed E-state index contributed by atoms with van der Waals surface area (Å²) < 4.78 is 0. The van der Waals surface area contributed by atoms with Gasteiger partial charge in [-0.15, -0.1) is 0 Å². The van der Waals surface area contributed by atoms with Gasteiger partial charge in [0.1, 0.15) is 22.2 Å². The second kappa shape index (κ2) is 10.7. The van der Waals surface area contributed by atoms with E-state index in [4.69, 9.17) is 15.1 Å². The van der Waals surface area contributed by atoms with Crippen molar-refractivity contribution in [3.05, 3.63) is 76.6 Å². The number of anilines is 2. The SMILES string of the molecule is Cc1ccc(N(C)c2ccc3nc(CCCc4cc(CNC(C)C(=O)O)ccn4)sc3n2)cc1. The predicted molar refractivity (Wildman–Crippen MR) is 137 cm³/mol. The molecular weight excluding hydrogens is 446 g/mol. The maximum Gasteiger partial charge on any atom is 0.320 e. The van der Waals surface area contributed by atoms with E-state index < -0.39 is 12.0 Å². The second-order valence-corrected chi connectivity index (χ2v) is 9.51. The molecule has 0 aliphatic heterocycles. The first kappa shape index (κ1) is 23.8. The lowest BCUT2D eigenvalue weighted by atomic mass is 10.1. The average molecular weight is 476 g/mol. The van der Waals surface area contributed by atoms with Crippen molar-refractivity contribution in [2.45, 2.75) is 45.7 Å². The number of fused-ring (bicyclic) bond motifs is 1. The number of benzene rings is 1. The molecule has 4 aromatic rings. The zero-order valence-corrected chi connectivity index (χ0v) is 20.5. The van der Waals surface area contributed by atoms with Crippen LogP contribution in [0.15, 0.2) is 54.7 Å².